The maximum atomic E-state index is 13.4. The molecule has 0 aliphatic carbocycles. The third kappa shape index (κ3) is 5.70. The quantitative estimate of drug-likeness (QED) is 0.238. The predicted octanol–water partition coefficient (Wildman–Crippen LogP) is 5.43. The van der Waals surface area contributed by atoms with Crippen LogP contribution in [0.25, 0.3) is 6.08 Å². The average molecular weight is 531 g/mol. The van der Waals surface area contributed by atoms with Crippen LogP contribution in [0.3, 0.4) is 0 Å². The minimum atomic E-state index is -0.562. The predicted molar refractivity (Wildman–Crippen MR) is 152 cm³/mol. The molecule has 0 radical (unpaired) electrons. The normalized spacial score (nSPS) is 14.5. The van der Waals surface area contributed by atoms with Crippen molar-refractivity contribution in [1.82, 2.24) is 5.32 Å². The molecule has 0 unspecified atom stereocenters. The first kappa shape index (κ1) is 26.9. The fourth-order valence-corrected chi connectivity index (χ4v) is 4.66. The van der Waals surface area contributed by atoms with E-state index in [9.17, 15) is 9.59 Å². The molecule has 2 amide bonds. The smallest absolute Gasteiger partial charge is 0.270 e. The zero-order valence-electron chi connectivity index (χ0n) is 22.1. The largest absolute Gasteiger partial charge is 0.497 e. The summed E-state index contributed by atoms with van der Waals surface area (Å²) in [4.78, 5) is 27.4. The van der Waals surface area contributed by atoms with E-state index in [0.29, 0.717) is 41.7 Å². The van der Waals surface area contributed by atoms with Crippen molar-refractivity contribution in [2.75, 3.05) is 18.6 Å². The van der Waals surface area contributed by atoms with Gasteiger partial charge in [-0.3, -0.25) is 19.8 Å². The maximum Gasteiger partial charge on any atom is 0.270 e. The maximum absolute atomic E-state index is 13.4. The Morgan fingerprint density at radius 2 is 1.61 bits per heavy atom. The van der Waals surface area contributed by atoms with E-state index >= 15 is 0 Å². The molecule has 1 heterocycles. The lowest BCUT2D eigenvalue weighted by Gasteiger charge is -2.29. The number of ether oxygens (including phenoxy) is 3. The number of nitrogens with zero attached hydrogens (tertiary/aromatic N) is 1. The van der Waals surface area contributed by atoms with E-state index in [1.54, 1.807) is 49.6 Å². The van der Waals surface area contributed by atoms with Crippen molar-refractivity contribution in [3.05, 3.63) is 88.0 Å². The first-order chi connectivity index (χ1) is 18.2. The van der Waals surface area contributed by atoms with Crippen molar-refractivity contribution >= 4 is 40.9 Å². The topological polar surface area (TPSA) is 77.1 Å². The first-order valence-corrected chi connectivity index (χ1v) is 12.6. The SMILES string of the molecule is CCOc1cc(/C=C2\C(=O)NC(=S)N(c3ccc(OC)cc3)C2=O)ccc1OCc1c(C)cc(C)cc1C. The zero-order chi connectivity index (χ0) is 27.4. The van der Waals surface area contributed by atoms with Crippen LogP contribution in [0.4, 0.5) is 5.69 Å². The molecule has 1 aliphatic rings. The van der Waals surface area contributed by atoms with E-state index < -0.39 is 11.8 Å². The molecule has 0 atom stereocenters. The molecule has 3 aromatic rings. The summed E-state index contributed by atoms with van der Waals surface area (Å²) in [5.41, 5.74) is 5.77. The molecule has 1 aliphatic heterocycles. The highest BCUT2D eigenvalue weighted by molar-refractivity contribution is 7.80. The lowest BCUT2D eigenvalue weighted by molar-refractivity contribution is -0.122. The summed E-state index contributed by atoms with van der Waals surface area (Å²) in [6.07, 6.45) is 1.52. The van der Waals surface area contributed by atoms with Crippen LogP contribution < -0.4 is 24.4 Å². The Morgan fingerprint density at radius 1 is 0.921 bits per heavy atom. The van der Waals surface area contributed by atoms with Gasteiger partial charge in [0.05, 0.1) is 19.4 Å². The summed E-state index contributed by atoms with van der Waals surface area (Å²) in [6, 6.07) is 16.4. The zero-order valence-corrected chi connectivity index (χ0v) is 22.9. The number of thiocarbonyl (C=S) groups is 1. The number of nitrogens with one attached hydrogen (secondary N) is 1. The van der Waals surface area contributed by atoms with E-state index in [1.807, 2.05) is 6.92 Å². The molecule has 7 nitrogen and oxygen atoms in total. The molecular weight excluding hydrogens is 500 g/mol. The van der Waals surface area contributed by atoms with Gasteiger partial charge in [-0.25, -0.2) is 0 Å². The average Bonchev–Trinajstić information content (AvgIpc) is 2.87. The molecule has 0 aromatic heterocycles. The Kier molecular flexibility index (Phi) is 8.12. The number of carbonyl (C=O) groups is 2. The summed E-state index contributed by atoms with van der Waals surface area (Å²) in [5.74, 6) is 0.660. The summed E-state index contributed by atoms with van der Waals surface area (Å²) in [7, 11) is 1.56. The third-order valence-corrected chi connectivity index (χ3v) is 6.51. The van der Waals surface area contributed by atoms with Gasteiger partial charge in [0.25, 0.3) is 11.8 Å². The van der Waals surface area contributed by atoms with Gasteiger partial charge in [0.2, 0.25) is 0 Å². The van der Waals surface area contributed by atoms with E-state index in [1.165, 1.54) is 27.7 Å². The molecule has 196 valence electrons. The molecule has 0 saturated carbocycles. The standard InChI is InChI=1S/C30H30N2O5S/c1-6-36-27-16-21(7-12-26(27)37-17-25-19(3)13-18(2)14-20(25)4)15-24-28(33)31-30(38)32(29(24)34)22-8-10-23(35-5)11-9-22/h7-16H,6,17H2,1-5H3,(H,31,33,38)/b24-15+. The summed E-state index contributed by atoms with van der Waals surface area (Å²) in [5, 5.41) is 2.62. The summed E-state index contributed by atoms with van der Waals surface area (Å²) >= 11 is 5.29. The van der Waals surface area contributed by atoms with E-state index in [4.69, 9.17) is 26.4 Å². The fraction of sp³-hybridized carbons (Fsp3) is 0.233. The Balaban J connectivity index is 1.61. The Hall–Kier alpha value is -4.17. The number of rotatable bonds is 8. The minimum absolute atomic E-state index is 0.0164. The molecule has 3 aromatic carbocycles. The highest BCUT2D eigenvalue weighted by Crippen LogP contribution is 2.32. The van der Waals surface area contributed by atoms with Crippen molar-refractivity contribution in [3.8, 4) is 17.2 Å². The molecule has 1 saturated heterocycles. The highest BCUT2D eigenvalue weighted by atomic mass is 32.1. The third-order valence-electron chi connectivity index (χ3n) is 6.22. The van der Waals surface area contributed by atoms with Gasteiger partial charge in [-0.15, -0.1) is 0 Å². The van der Waals surface area contributed by atoms with Gasteiger partial charge in [-0.05, 0) is 105 Å². The molecule has 1 fully saturated rings. The van der Waals surface area contributed by atoms with Crippen LogP contribution in [0.15, 0.2) is 60.2 Å². The Bertz CT molecular complexity index is 1410. The highest BCUT2D eigenvalue weighted by Gasteiger charge is 2.34. The molecule has 1 N–H and O–H groups in total. The minimum Gasteiger partial charge on any atom is -0.497 e. The summed E-state index contributed by atoms with van der Waals surface area (Å²) in [6.45, 7) is 8.93. The number of carbonyl (C=O) groups excluding carboxylic acids is 2. The van der Waals surface area contributed by atoms with Crippen molar-refractivity contribution in [2.24, 2.45) is 0 Å². The molecule has 0 bridgehead atoms. The van der Waals surface area contributed by atoms with E-state index in [0.717, 1.165) is 5.56 Å². The van der Waals surface area contributed by atoms with Crippen LogP contribution in [0.5, 0.6) is 17.2 Å². The van der Waals surface area contributed by atoms with Crippen LogP contribution in [-0.4, -0.2) is 30.6 Å². The van der Waals surface area contributed by atoms with Crippen molar-refractivity contribution in [2.45, 2.75) is 34.3 Å². The number of anilines is 1. The second-order valence-electron chi connectivity index (χ2n) is 8.96. The molecule has 4 rings (SSSR count). The number of hydrogen-bond donors (Lipinski definition) is 1. The molecule has 0 spiro atoms. The lowest BCUT2D eigenvalue weighted by Crippen LogP contribution is -2.54. The van der Waals surface area contributed by atoms with Crippen LogP contribution in [0, 0.1) is 20.8 Å². The Labute approximate surface area is 228 Å². The van der Waals surface area contributed by atoms with Gasteiger partial charge in [-0.2, -0.15) is 0 Å². The van der Waals surface area contributed by atoms with E-state index in [2.05, 4.69) is 38.2 Å². The number of aryl methyl sites for hydroxylation is 3. The summed E-state index contributed by atoms with van der Waals surface area (Å²) < 4.78 is 17.2. The number of hydrogen-bond acceptors (Lipinski definition) is 6. The van der Waals surface area contributed by atoms with Crippen molar-refractivity contribution < 1.29 is 23.8 Å². The van der Waals surface area contributed by atoms with E-state index in [-0.39, 0.29) is 10.7 Å². The molecule has 8 heteroatoms. The van der Waals surface area contributed by atoms with Gasteiger partial charge in [0, 0.05) is 0 Å². The van der Waals surface area contributed by atoms with Gasteiger partial charge >= 0.3 is 0 Å². The van der Waals surface area contributed by atoms with Gasteiger partial charge < -0.3 is 14.2 Å². The van der Waals surface area contributed by atoms with Gasteiger partial charge in [0.1, 0.15) is 17.9 Å². The Morgan fingerprint density at radius 3 is 2.24 bits per heavy atom. The first-order valence-electron chi connectivity index (χ1n) is 12.2. The van der Waals surface area contributed by atoms with Crippen molar-refractivity contribution in [3.63, 3.8) is 0 Å². The number of methoxy groups -OCH3 is 1. The number of amides is 2. The second kappa shape index (κ2) is 11.5. The van der Waals surface area contributed by atoms with Gasteiger partial charge in [0.15, 0.2) is 16.6 Å². The van der Waals surface area contributed by atoms with Crippen LogP contribution in [0.2, 0.25) is 0 Å². The number of benzene rings is 3. The van der Waals surface area contributed by atoms with Crippen LogP contribution in [0.1, 0.15) is 34.7 Å². The van der Waals surface area contributed by atoms with Crippen LogP contribution in [-0.2, 0) is 16.2 Å². The molecule has 38 heavy (non-hydrogen) atoms. The second-order valence-corrected chi connectivity index (χ2v) is 9.35. The van der Waals surface area contributed by atoms with Gasteiger partial charge in [-0.1, -0.05) is 23.8 Å². The fourth-order valence-electron chi connectivity index (χ4n) is 4.38. The monoisotopic (exact) mass is 530 g/mol. The van der Waals surface area contributed by atoms with Crippen molar-refractivity contribution in [1.29, 1.82) is 0 Å². The van der Waals surface area contributed by atoms with Crippen LogP contribution >= 0.6 is 12.2 Å². The molecular formula is C30H30N2O5S. The lowest BCUT2D eigenvalue weighted by atomic mass is 10.0.